The molecule has 134 valence electrons. The molecule has 0 spiro atoms. The van der Waals surface area contributed by atoms with Crippen LogP contribution in [0.25, 0.3) is 0 Å². The molecule has 0 unspecified atom stereocenters. The van der Waals surface area contributed by atoms with Crippen molar-refractivity contribution >= 4 is 0 Å². The first-order valence-electron chi connectivity index (χ1n) is 8.78. The molecule has 21 heavy (non-hydrogen) atoms. The van der Waals surface area contributed by atoms with Crippen LogP contribution in [0.3, 0.4) is 0 Å². The number of rotatable bonds is 3. The molecule has 0 aliphatic heterocycles. The smallest absolute Gasteiger partial charge is 0.0180 e. The van der Waals surface area contributed by atoms with E-state index < -0.39 is 0 Å². The first kappa shape index (κ1) is 42.7. The largest absolute Gasteiger partial charge is 0.106 e. The molecule has 0 N–H and O–H groups in total. The van der Waals surface area contributed by atoms with Crippen LogP contribution in [-0.4, -0.2) is 0 Å². The Kier molecular flexibility index (Phi) is 153. The molecule has 0 saturated carbocycles. The molecule has 0 heterocycles. The number of hydrogen-bond donors (Lipinski definition) is 0. The third-order valence-electron chi connectivity index (χ3n) is 1.75. The third kappa shape index (κ3) is 147. The van der Waals surface area contributed by atoms with E-state index in [2.05, 4.69) is 54.0 Å². The van der Waals surface area contributed by atoms with Crippen LogP contribution >= 0.6 is 0 Å². The van der Waals surface area contributed by atoms with Crippen molar-refractivity contribution in [3.63, 3.8) is 0 Å². The molecule has 0 aromatic carbocycles. The van der Waals surface area contributed by atoms with Crippen LogP contribution in [-0.2, 0) is 0 Å². The minimum absolute atomic E-state index is 0.347. The van der Waals surface area contributed by atoms with Gasteiger partial charge in [-0.2, -0.15) is 0 Å². The maximum Gasteiger partial charge on any atom is -0.0180 e. The number of hydrogen-bond acceptors (Lipinski definition) is 0. The highest BCUT2D eigenvalue weighted by Crippen LogP contribution is 2.19. The summed E-state index contributed by atoms with van der Waals surface area (Å²) in [5.41, 5.74) is 0.347. The standard InChI is InChI=1S/C7H14.C4H8.4C2H6.C2H4/c1-5-7(3,4)6-2;1-3-4-2;5*1-2/h5H,1,6H2,2-4H3;3H,1,4H2,2H3;4*1-2H3;1-2H2. The second-order valence-electron chi connectivity index (χ2n) is 3.24. The predicted molar refractivity (Wildman–Crippen MR) is 111 cm³/mol. The number of allylic oxidation sites excluding steroid dienone is 2. The molecule has 0 atom stereocenters. The van der Waals surface area contributed by atoms with Crippen LogP contribution in [0.1, 0.15) is 95.9 Å². The van der Waals surface area contributed by atoms with E-state index in [1.165, 1.54) is 6.42 Å². The van der Waals surface area contributed by atoms with Gasteiger partial charge in [0.1, 0.15) is 0 Å². The summed E-state index contributed by atoms with van der Waals surface area (Å²) in [6.07, 6.45) is 6.13. The van der Waals surface area contributed by atoms with Crippen molar-refractivity contribution in [1.29, 1.82) is 0 Å². The maximum absolute atomic E-state index is 3.70. The average molecular weight is 303 g/mol. The Hall–Kier alpha value is -0.780. The van der Waals surface area contributed by atoms with Gasteiger partial charge in [-0.1, -0.05) is 95.2 Å². The molecule has 0 aliphatic rings. The van der Waals surface area contributed by atoms with Gasteiger partial charge in [0.25, 0.3) is 0 Å². The van der Waals surface area contributed by atoms with Gasteiger partial charge in [-0.3, -0.25) is 0 Å². The van der Waals surface area contributed by atoms with Crippen molar-refractivity contribution in [2.24, 2.45) is 5.41 Å². The zero-order valence-corrected chi connectivity index (χ0v) is 17.9. The minimum atomic E-state index is 0.347. The van der Waals surface area contributed by atoms with E-state index in [0.29, 0.717) is 5.41 Å². The second-order valence-corrected chi connectivity index (χ2v) is 3.24. The van der Waals surface area contributed by atoms with Crippen molar-refractivity contribution in [2.45, 2.75) is 95.9 Å². The Balaban J connectivity index is -0.0000000243. The molecule has 0 aliphatic carbocycles. The van der Waals surface area contributed by atoms with Crippen LogP contribution in [0, 0.1) is 5.41 Å². The van der Waals surface area contributed by atoms with Gasteiger partial charge in [0.05, 0.1) is 0 Å². The highest BCUT2D eigenvalue weighted by atomic mass is 14.1. The van der Waals surface area contributed by atoms with Gasteiger partial charge >= 0.3 is 0 Å². The summed E-state index contributed by atoms with van der Waals surface area (Å²) >= 11 is 0. The molecule has 0 aromatic heterocycles. The fourth-order valence-electron chi connectivity index (χ4n) is 0.144. The third-order valence-corrected chi connectivity index (χ3v) is 1.75. The molecule has 0 rings (SSSR count). The summed E-state index contributed by atoms with van der Waals surface area (Å²) in [6, 6.07) is 0. The molecule has 0 radical (unpaired) electrons. The van der Waals surface area contributed by atoms with E-state index in [1.807, 2.05) is 67.5 Å². The lowest BCUT2D eigenvalue weighted by Crippen LogP contribution is -2.02. The lowest BCUT2D eigenvalue weighted by atomic mass is 9.91. The van der Waals surface area contributed by atoms with Crippen molar-refractivity contribution in [1.82, 2.24) is 0 Å². The maximum atomic E-state index is 3.70. The summed E-state index contributed by atoms with van der Waals surface area (Å²) in [5, 5.41) is 0. The first-order chi connectivity index (χ1) is 10.0. The van der Waals surface area contributed by atoms with Gasteiger partial charge in [0.15, 0.2) is 0 Å². The Morgan fingerprint density at radius 3 is 0.905 bits per heavy atom. The van der Waals surface area contributed by atoms with Crippen LogP contribution in [0.15, 0.2) is 38.5 Å². The molecule has 0 bridgehead atoms. The summed E-state index contributed by atoms with van der Waals surface area (Å²) in [5.74, 6) is 0. The topological polar surface area (TPSA) is 0 Å². The summed E-state index contributed by atoms with van der Waals surface area (Å²) in [6.45, 7) is 37.8. The van der Waals surface area contributed by atoms with Crippen molar-refractivity contribution in [3.8, 4) is 0 Å². The van der Waals surface area contributed by atoms with Gasteiger partial charge in [-0.25, -0.2) is 0 Å². The van der Waals surface area contributed by atoms with Gasteiger partial charge in [0, 0.05) is 0 Å². The van der Waals surface area contributed by atoms with Crippen molar-refractivity contribution < 1.29 is 0 Å². The van der Waals surface area contributed by atoms with E-state index in [0.717, 1.165) is 6.42 Å². The lowest BCUT2D eigenvalue weighted by molar-refractivity contribution is 0.463. The van der Waals surface area contributed by atoms with E-state index in [-0.39, 0.29) is 0 Å². The Morgan fingerprint density at radius 2 is 0.905 bits per heavy atom. The van der Waals surface area contributed by atoms with Crippen LogP contribution in [0.4, 0.5) is 0 Å². The monoisotopic (exact) mass is 302 g/mol. The quantitative estimate of drug-likeness (QED) is 0.456. The Bertz CT molecular complexity index is 109. The summed E-state index contributed by atoms with van der Waals surface area (Å²) in [4.78, 5) is 0. The highest BCUT2D eigenvalue weighted by Gasteiger charge is 2.06. The molecule has 0 fully saturated rings. The molecular formula is C21H50. The molecular weight excluding hydrogens is 252 g/mol. The van der Waals surface area contributed by atoms with Crippen LogP contribution < -0.4 is 0 Å². The normalized spacial score (nSPS) is 6.29. The summed E-state index contributed by atoms with van der Waals surface area (Å²) < 4.78 is 0. The fourth-order valence-corrected chi connectivity index (χ4v) is 0.144. The average Bonchev–Trinajstić information content (AvgIpc) is 2.63. The van der Waals surface area contributed by atoms with Crippen molar-refractivity contribution in [3.05, 3.63) is 38.5 Å². The SMILES string of the molecule is C=C.C=CC(C)(C)CC.C=CCC.CC.CC.CC.CC. The molecule has 0 heteroatoms. The van der Waals surface area contributed by atoms with E-state index in [9.17, 15) is 0 Å². The minimum Gasteiger partial charge on any atom is -0.106 e. The molecule has 0 amide bonds. The van der Waals surface area contributed by atoms with Crippen molar-refractivity contribution in [2.75, 3.05) is 0 Å². The second kappa shape index (κ2) is 75.1. The predicted octanol–water partition coefficient (Wildman–Crippen LogP) is 9.10. The van der Waals surface area contributed by atoms with Crippen LogP contribution in [0.2, 0.25) is 0 Å². The van der Waals surface area contributed by atoms with Crippen LogP contribution in [0.5, 0.6) is 0 Å². The van der Waals surface area contributed by atoms with E-state index in [4.69, 9.17) is 0 Å². The zero-order valence-electron chi connectivity index (χ0n) is 17.9. The summed E-state index contributed by atoms with van der Waals surface area (Å²) in [7, 11) is 0. The molecule has 0 nitrogen and oxygen atoms in total. The van der Waals surface area contributed by atoms with Gasteiger partial charge in [-0.05, 0) is 18.3 Å². The van der Waals surface area contributed by atoms with E-state index in [1.54, 1.807) is 0 Å². The Labute approximate surface area is 140 Å². The molecule has 0 aromatic rings. The van der Waals surface area contributed by atoms with Gasteiger partial charge in [0.2, 0.25) is 0 Å². The lowest BCUT2D eigenvalue weighted by Gasteiger charge is -2.14. The first-order valence-corrected chi connectivity index (χ1v) is 8.78. The fraction of sp³-hybridized carbons (Fsp3) is 0.714. The zero-order chi connectivity index (χ0) is 19.3. The van der Waals surface area contributed by atoms with E-state index >= 15 is 0 Å². The van der Waals surface area contributed by atoms with Gasteiger partial charge in [-0.15, -0.1) is 26.3 Å². The molecule has 0 saturated heterocycles. The highest BCUT2D eigenvalue weighted by molar-refractivity contribution is 4.85. The van der Waals surface area contributed by atoms with Gasteiger partial charge < -0.3 is 0 Å². The Morgan fingerprint density at radius 1 is 0.714 bits per heavy atom.